The molecule has 4 aliphatic rings. The second-order valence-corrected chi connectivity index (χ2v) is 6.56. The minimum Gasteiger partial charge on any atom is -0.449 e. The fourth-order valence-electron chi connectivity index (χ4n) is 4.79. The molecule has 1 aromatic rings. The number of nitrogens with zero attached hydrogens (tertiary/aromatic N) is 1. The van der Waals surface area contributed by atoms with Crippen molar-refractivity contribution >= 4 is 17.6 Å². The van der Waals surface area contributed by atoms with Crippen molar-refractivity contribution in [3.8, 4) is 0 Å². The van der Waals surface area contributed by atoms with E-state index in [4.69, 9.17) is 9.47 Å². The summed E-state index contributed by atoms with van der Waals surface area (Å²) in [5.74, 6) is 0.0334. The number of benzene rings is 1. The van der Waals surface area contributed by atoms with Gasteiger partial charge in [-0.05, 0) is 31.9 Å². The topological polar surface area (TPSA) is 55.8 Å². The minimum absolute atomic E-state index is 0.0556. The molecule has 0 radical (unpaired) electrons. The van der Waals surface area contributed by atoms with Gasteiger partial charge in [0.15, 0.2) is 0 Å². The predicted octanol–water partition coefficient (Wildman–Crippen LogP) is 2.75. The summed E-state index contributed by atoms with van der Waals surface area (Å²) in [6.07, 6.45) is 3.05. The van der Waals surface area contributed by atoms with E-state index in [1.54, 1.807) is 11.8 Å². The molecule has 4 bridgehead atoms. The Balaban J connectivity index is 1.74. The quantitative estimate of drug-likeness (QED) is 0.800. The molecule has 3 heterocycles. The standard InChI is InChI=1S/C18H17NO4/c1-2-22-17(21)19-13-6-4-3-5-11(13)18-12-8-7-10(16(12)20)14(23-18)9-15(18)19/h3-6,9-10,12,14H,2,7-8H2,1H3/t10-,12-,14-,18-/m0/s1. The molecule has 4 atom stereocenters. The average Bonchev–Trinajstić information content (AvgIpc) is 3.09. The van der Waals surface area contributed by atoms with Crippen LogP contribution in [0.1, 0.15) is 25.3 Å². The number of amides is 1. The number of ketones is 1. The summed E-state index contributed by atoms with van der Waals surface area (Å²) in [6, 6.07) is 7.69. The molecule has 0 N–H and O–H groups in total. The van der Waals surface area contributed by atoms with Crippen LogP contribution in [0.25, 0.3) is 0 Å². The Morgan fingerprint density at radius 1 is 1.39 bits per heavy atom. The smallest absolute Gasteiger partial charge is 0.418 e. The first-order valence-electron chi connectivity index (χ1n) is 8.18. The number of rotatable bonds is 1. The Kier molecular flexibility index (Phi) is 2.45. The first-order chi connectivity index (χ1) is 11.2. The van der Waals surface area contributed by atoms with E-state index in [1.807, 2.05) is 30.3 Å². The molecule has 1 aromatic carbocycles. The number of carbonyl (C=O) groups excluding carboxylic acids is 2. The van der Waals surface area contributed by atoms with Gasteiger partial charge in [0.1, 0.15) is 11.4 Å². The van der Waals surface area contributed by atoms with Crippen LogP contribution in [0.4, 0.5) is 10.5 Å². The van der Waals surface area contributed by atoms with Gasteiger partial charge in [-0.2, -0.15) is 0 Å². The van der Waals surface area contributed by atoms with Gasteiger partial charge in [0.2, 0.25) is 0 Å². The molecule has 5 nitrogen and oxygen atoms in total. The van der Waals surface area contributed by atoms with Crippen LogP contribution in [-0.2, 0) is 19.9 Å². The molecule has 1 saturated heterocycles. The number of Topliss-reactive ketones (excluding diaryl/α,β-unsaturated/α-hetero) is 1. The van der Waals surface area contributed by atoms with Crippen molar-refractivity contribution in [1.82, 2.24) is 0 Å². The molecule has 5 rings (SSSR count). The molecule has 0 aromatic heterocycles. The fourth-order valence-corrected chi connectivity index (χ4v) is 4.79. The summed E-state index contributed by atoms with van der Waals surface area (Å²) in [5, 5.41) is 0. The maximum Gasteiger partial charge on any atom is 0.418 e. The van der Waals surface area contributed by atoms with Gasteiger partial charge in [0.25, 0.3) is 0 Å². The SMILES string of the molecule is CCOC(=O)N1C2=C[C@@H]3O[C@@]2(c2ccccc21)[C@H]1CC[C@@H]3C1=O. The van der Waals surface area contributed by atoms with E-state index in [9.17, 15) is 9.59 Å². The van der Waals surface area contributed by atoms with Crippen LogP contribution in [0.5, 0.6) is 0 Å². The lowest BCUT2D eigenvalue weighted by molar-refractivity contribution is -0.154. The molecule has 1 saturated carbocycles. The van der Waals surface area contributed by atoms with E-state index in [0.717, 1.165) is 29.8 Å². The summed E-state index contributed by atoms with van der Waals surface area (Å²) in [5.41, 5.74) is 1.68. The van der Waals surface area contributed by atoms with Crippen LogP contribution >= 0.6 is 0 Å². The number of hydrogen-bond donors (Lipinski definition) is 0. The zero-order chi connectivity index (χ0) is 15.8. The molecular weight excluding hydrogens is 294 g/mol. The number of para-hydroxylation sites is 1. The third kappa shape index (κ3) is 1.38. The highest BCUT2D eigenvalue weighted by molar-refractivity contribution is 6.00. The number of ether oxygens (including phenoxy) is 2. The van der Waals surface area contributed by atoms with E-state index < -0.39 is 11.7 Å². The van der Waals surface area contributed by atoms with E-state index in [1.165, 1.54) is 0 Å². The van der Waals surface area contributed by atoms with Crippen LogP contribution in [0.15, 0.2) is 36.0 Å². The maximum absolute atomic E-state index is 12.7. The molecular formula is C18H17NO4. The lowest BCUT2D eigenvalue weighted by atomic mass is 9.78. The second kappa shape index (κ2) is 4.23. The van der Waals surface area contributed by atoms with Crippen molar-refractivity contribution in [1.29, 1.82) is 0 Å². The van der Waals surface area contributed by atoms with Gasteiger partial charge in [-0.1, -0.05) is 18.2 Å². The van der Waals surface area contributed by atoms with Crippen LogP contribution in [0, 0.1) is 11.8 Å². The lowest BCUT2D eigenvalue weighted by Crippen LogP contribution is -2.47. The zero-order valence-corrected chi connectivity index (χ0v) is 12.8. The third-order valence-corrected chi connectivity index (χ3v) is 5.62. The van der Waals surface area contributed by atoms with E-state index in [0.29, 0.717) is 6.61 Å². The van der Waals surface area contributed by atoms with Crippen LogP contribution in [-0.4, -0.2) is 24.6 Å². The normalized spacial score (nSPS) is 35.9. The van der Waals surface area contributed by atoms with Crippen molar-refractivity contribution < 1.29 is 19.1 Å². The predicted molar refractivity (Wildman–Crippen MR) is 81.8 cm³/mol. The van der Waals surface area contributed by atoms with Crippen molar-refractivity contribution in [2.24, 2.45) is 11.8 Å². The van der Waals surface area contributed by atoms with Crippen LogP contribution in [0.3, 0.4) is 0 Å². The second-order valence-electron chi connectivity index (χ2n) is 6.56. The van der Waals surface area contributed by atoms with Crippen LogP contribution < -0.4 is 4.90 Å². The van der Waals surface area contributed by atoms with Gasteiger partial charge < -0.3 is 9.47 Å². The van der Waals surface area contributed by atoms with Gasteiger partial charge in [0, 0.05) is 11.5 Å². The molecule has 23 heavy (non-hydrogen) atoms. The van der Waals surface area contributed by atoms with Crippen molar-refractivity contribution in [3.63, 3.8) is 0 Å². The Morgan fingerprint density at radius 3 is 3.04 bits per heavy atom. The van der Waals surface area contributed by atoms with Gasteiger partial charge in [0.05, 0.1) is 30.0 Å². The maximum atomic E-state index is 12.7. The van der Waals surface area contributed by atoms with Gasteiger partial charge >= 0.3 is 6.09 Å². The molecule has 2 fully saturated rings. The number of fused-ring (bicyclic) bond motifs is 5. The van der Waals surface area contributed by atoms with Gasteiger partial charge in [-0.3, -0.25) is 4.79 Å². The van der Waals surface area contributed by atoms with Crippen LogP contribution in [0.2, 0.25) is 0 Å². The average molecular weight is 311 g/mol. The number of hydrogen-bond acceptors (Lipinski definition) is 4. The van der Waals surface area contributed by atoms with Gasteiger partial charge in [-0.15, -0.1) is 0 Å². The summed E-state index contributed by atoms with van der Waals surface area (Å²) in [7, 11) is 0. The minimum atomic E-state index is -0.794. The molecule has 118 valence electrons. The first kappa shape index (κ1) is 13.3. The highest BCUT2D eigenvalue weighted by Gasteiger charge is 2.67. The molecule has 0 unspecified atom stereocenters. The summed E-state index contributed by atoms with van der Waals surface area (Å²) in [4.78, 5) is 26.9. The largest absolute Gasteiger partial charge is 0.449 e. The monoisotopic (exact) mass is 311 g/mol. The lowest BCUT2D eigenvalue weighted by Gasteiger charge is -2.37. The molecule has 1 amide bonds. The summed E-state index contributed by atoms with van der Waals surface area (Å²) < 4.78 is 11.6. The molecule has 5 heteroatoms. The Hall–Kier alpha value is -2.14. The molecule has 3 aliphatic heterocycles. The number of anilines is 1. The Morgan fingerprint density at radius 2 is 2.22 bits per heavy atom. The highest BCUT2D eigenvalue weighted by atomic mass is 16.6. The Labute approximate surface area is 133 Å². The summed E-state index contributed by atoms with van der Waals surface area (Å²) >= 11 is 0. The zero-order valence-electron chi connectivity index (χ0n) is 12.8. The number of carbonyl (C=O) groups is 2. The Bertz CT molecular complexity index is 770. The van der Waals surface area contributed by atoms with Crippen molar-refractivity contribution in [3.05, 3.63) is 41.6 Å². The molecule has 1 spiro atoms. The van der Waals surface area contributed by atoms with Crippen molar-refractivity contribution in [2.75, 3.05) is 11.5 Å². The first-order valence-corrected chi connectivity index (χ1v) is 8.18. The van der Waals surface area contributed by atoms with Gasteiger partial charge in [-0.25, -0.2) is 9.69 Å². The summed E-state index contributed by atoms with van der Waals surface area (Å²) in [6.45, 7) is 2.10. The van der Waals surface area contributed by atoms with E-state index in [-0.39, 0.29) is 23.7 Å². The van der Waals surface area contributed by atoms with E-state index in [2.05, 4.69) is 0 Å². The van der Waals surface area contributed by atoms with Crippen molar-refractivity contribution in [2.45, 2.75) is 31.5 Å². The highest BCUT2D eigenvalue weighted by Crippen LogP contribution is 2.63. The van der Waals surface area contributed by atoms with E-state index >= 15 is 0 Å². The third-order valence-electron chi connectivity index (χ3n) is 5.62. The molecule has 1 aliphatic carbocycles. The fraction of sp³-hybridized carbons (Fsp3) is 0.444.